The summed E-state index contributed by atoms with van der Waals surface area (Å²) in [4.78, 5) is 106. The zero-order chi connectivity index (χ0) is 48.2. The van der Waals surface area contributed by atoms with Crippen LogP contribution < -0.4 is 0 Å². The minimum atomic E-state index is -1.89. The molecule has 5 unspecified atom stereocenters. The van der Waals surface area contributed by atoms with Crippen molar-refractivity contribution in [1.82, 2.24) is 0 Å². The number of rotatable bonds is 20. The summed E-state index contributed by atoms with van der Waals surface area (Å²) in [5.74, 6) is -12.0. The van der Waals surface area contributed by atoms with Gasteiger partial charge in [-0.05, 0) is 0 Å². The highest BCUT2D eigenvalue weighted by atomic mass is 16.8. The van der Waals surface area contributed by atoms with Crippen LogP contribution in [-0.4, -0.2) is 122 Å². The number of hydrogen-bond acceptors (Lipinski definition) is 19. The lowest BCUT2D eigenvalue weighted by Gasteiger charge is -2.49. The maximum atomic E-state index is 13.6. The topological polar surface area (TPSA) is 238 Å². The fourth-order valence-corrected chi connectivity index (χ4v) is 5.47. The maximum Gasteiger partial charge on any atom is 0.310 e. The van der Waals surface area contributed by atoms with E-state index in [-0.39, 0.29) is 0 Å². The molecule has 0 amide bonds. The van der Waals surface area contributed by atoms with E-state index in [2.05, 4.69) is 0 Å². The van der Waals surface area contributed by atoms with Crippen LogP contribution in [0.4, 0.5) is 0 Å². The predicted octanol–water partition coefficient (Wildman–Crippen LogP) is 4.26. The van der Waals surface area contributed by atoms with Gasteiger partial charge in [0.25, 0.3) is 0 Å². The fraction of sp³-hybridized carbons (Fsp3) is 0.818. The number of carbonyl (C=O) groups excluding carboxylic acids is 8. The van der Waals surface area contributed by atoms with Crippen molar-refractivity contribution in [2.75, 3.05) is 13.2 Å². The van der Waals surface area contributed by atoms with E-state index in [0.29, 0.717) is 0 Å². The van der Waals surface area contributed by atoms with Crippen molar-refractivity contribution in [2.45, 2.75) is 172 Å². The fourth-order valence-electron chi connectivity index (χ4n) is 5.47. The third-order valence-electron chi connectivity index (χ3n) is 9.52. The summed E-state index contributed by atoms with van der Waals surface area (Å²) in [7, 11) is 0. The second-order valence-corrected chi connectivity index (χ2v) is 18.1. The average Bonchev–Trinajstić information content (AvgIpc) is 3.19. The zero-order valence-corrected chi connectivity index (χ0v) is 39.6. The molecular formula is C44H70O19. The van der Waals surface area contributed by atoms with Gasteiger partial charge in [0.2, 0.25) is 12.4 Å². The second kappa shape index (κ2) is 24.6. The molecule has 2 saturated heterocycles. The molecule has 2 aliphatic heterocycles. The Morgan fingerprint density at radius 3 is 0.921 bits per heavy atom. The molecule has 0 N–H and O–H groups in total. The third kappa shape index (κ3) is 16.0. The predicted molar refractivity (Wildman–Crippen MR) is 218 cm³/mol. The molecule has 63 heavy (non-hydrogen) atoms. The van der Waals surface area contributed by atoms with Gasteiger partial charge in [-0.3, -0.25) is 38.4 Å². The Hall–Kier alpha value is -4.36. The van der Waals surface area contributed by atoms with Crippen LogP contribution in [0, 0.1) is 47.3 Å². The van der Waals surface area contributed by atoms with Gasteiger partial charge in [0.1, 0.15) is 31.5 Å². The Labute approximate surface area is 370 Å². The van der Waals surface area contributed by atoms with E-state index in [0.717, 1.165) is 0 Å². The molecule has 2 rings (SSSR count). The van der Waals surface area contributed by atoms with Crippen LogP contribution in [0.3, 0.4) is 0 Å². The van der Waals surface area contributed by atoms with Gasteiger partial charge in [-0.2, -0.15) is 0 Å². The number of esters is 8. The quantitative estimate of drug-likeness (QED) is 0.123. The molecule has 2 fully saturated rings. The van der Waals surface area contributed by atoms with Gasteiger partial charge in [-0.1, -0.05) is 111 Å². The van der Waals surface area contributed by atoms with Crippen LogP contribution in [0.15, 0.2) is 0 Å². The summed E-state index contributed by atoms with van der Waals surface area (Å²) in [6, 6.07) is 0. The molecule has 10 atom stereocenters. The smallest absolute Gasteiger partial charge is 0.310 e. The molecule has 0 aromatic heterocycles. The highest BCUT2D eigenvalue weighted by Crippen LogP contribution is 2.37. The van der Waals surface area contributed by atoms with Gasteiger partial charge in [0.05, 0.1) is 47.3 Å². The summed E-state index contributed by atoms with van der Waals surface area (Å²) in [6.45, 7) is 23.6. The molecule has 2 heterocycles. The molecule has 0 aliphatic carbocycles. The zero-order valence-electron chi connectivity index (χ0n) is 39.6. The normalized spacial score (nSPS) is 26.2. The largest absolute Gasteiger partial charge is 0.463 e. The first-order valence-corrected chi connectivity index (χ1v) is 21.7. The van der Waals surface area contributed by atoms with Crippen LogP contribution in [0.5, 0.6) is 0 Å². The lowest BCUT2D eigenvalue weighted by Crippen LogP contribution is -2.68. The average molecular weight is 903 g/mol. The van der Waals surface area contributed by atoms with Gasteiger partial charge >= 0.3 is 47.8 Å². The van der Waals surface area contributed by atoms with Crippen molar-refractivity contribution in [3.05, 3.63) is 0 Å². The Bertz CT molecular complexity index is 1580. The highest BCUT2D eigenvalue weighted by Gasteiger charge is 2.59. The highest BCUT2D eigenvalue weighted by molar-refractivity contribution is 5.75. The lowest BCUT2D eigenvalue weighted by atomic mass is 9.95. The maximum absolute atomic E-state index is 13.6. The molecule has 360 valence electrons. The first-order chi connectivity index (χ1) is 29.2. The standard InChI is InChI=1S/C44H70O19/c1-19(2)35(45)53-17-27-29(57-37(47)21(5)6)31(58-38(48)22(7)8)33(60-40(50)24(11)12)43(55-27)62-30-28(18-54-36(46)20(3)4)56-44(63-42(52)26(15)16)34(61-41(51)25(13)14)32(30)59-39(49)23(9)10/h19-34,43-44H,17-18H2,1-16H3/t27?,28?,29-,30+,31-,32-,33?,34?,43-,44?/m0/s1. The minimum absolute atomic E-state index is 0.599. The van der Waals surface area contributed by atoms with Crippen molar-refractivity contribution in [3.63, 3.8) is 0 Å². The van der Waals surface area contributed by atoms with Crippen LogP contribution in [0.2, 0.25) is 0 Å². The summed E-state index contributed by atoms with van der Waals surface area (Å²) in [5, 5.41) is 0. The Morgan fingerprint density at radius 2 is 0.571 bits per heavy atom. The van der Waals surface area contributed by atoms with Gasteiger partial charge < -0.3 is 52.1 Å². The SMILES string of the molecule is CC(C)C(=O)OCC1OC(OC(=O)C(C)C)C(OC(=O)C(C)C)[C@@H](OC(=O)C(C)C)[C@@H]1O[C@@H]1OC(COC(=O)C(C)C)[C@H](OC(=O)C(C)C)[C@H](OC(=O)C(C)C)C1OC(=O)C(C)C. The van der Waals surface area contributed by atoms with E-state index in [4.69, 9.17) is 52.1 Å². The molecule has 19 heteroatoms. The summed E-state index contributed by atoms with van der Waals surface area (Å²) < 4.78 is 65.9. The van der Waals surface area contributed by atoms with Crippen LogP contribution in [0.1, 0.15) is 111 Å². The second-order valence-electron chi connectivity index (χ2n) is 18.1. The van der Waals surface area contributed by atoms with E-state index < -0.39 is 170 Å². The number of ether oxygens (including phenoxy) is 11. The van der Waals surface area contributed by atoms with Crippen LogP contribution in [-0.2, 0) is 90.5 Å². The van der Waals surface area contributed by atoms with Crippen molar-refractivity contribution in [3.8, 4) is 0 Å². The van der Waals surface area contributed by atoms with Gasteiger partial charge in [-0.15, -0.1) is 0 Å². The van der Waals surface area contributed by atoms with Crippen LogP contribution >= 0.6 is 0 Å². The molecule has 0 bridgehead atoms. The van der Waals surface area contributed by atoms with Crippen molar-refractivity contribution >= 4 is 47.8 Å². The van der Waals surface area contributed by atoms with Crippen molar-refractivity contribution < 1.29 is 90.5 Å². The third-order valence-corrected chi connectivity index (χ3v) is 9.52. The summed E-state index contributed by atoms with van der Waals surface area (Å²) >= 11 is 0. The van der Waals surface area contributed by atoms with E-state index in [9.17, 15) is 38.4 Å². The molecular weight excluding hydrogens is 832 g/mol. The number of hydrogen-bond donors (Lipinski definition) is 0. The van der Waals surface area contributed by atoms with E-state index in [1.807, 2.05) is 0 Å². The van der Waals surface area contributed by atoms with Gasteiger partial charge in [0.15, 0.2) is 30.7 Å². The monoisotopic (exact) mass is 902 g/mol. The van der Waals surface area contributed by atoms with Crippen molar-refractivity contribution in [1.29, 1.82) is 0 Å². The van der Waals surface area contributed by atoms with E-state index in [1.54, 1.807) is 69.2 Å². The van der Waals surface area contributed by atoms with Gasteiger partial charge in [-0.25, -0.2) is 0 Å². The first-order valence-electron chi connectivity index (χ1n) is 21.7. The first kappa shape index (κ1) is 54.8. The molecule has 0 aromatic carbocycles. The Balaban J connectivity index is 3.04. The molecule has 0 spiro atoms. The van der Waals surface area contributed by atoms with E-state index in [1.165, 1.54) is 41.5 Å². The van der Waals surface area contributed by atoms with E-state index >= 15 is 0 Å². The Kier molecular flexibility index (Phi) is 21.4. The molecule has 19 nitrogen and oxygen atoms in total. The molecule has 0 radical (unpaired) electrons. The summed E-state index contributed by atoms with van der Waals surface area (Å²) in [5.41, 5.74) is 0. The van der Waals surface area contributed by atoms with Crippen molar-refractivity contribution in [2.24, 2.45) is 47.3 Å². The number of carbonyl (C=O) groups is 8. The molecule has 0 aromatic rings. The lowest BCUT2D eigenvalue weighted by molar-refractivity contribution is -0.359. The molecule has 2 aliphatic rings. The molecule has 0 saturated carbocycles. The van der Waals surface area contributed by atoms with Crippen LogP contribution in [0.25, 0.3) is 0 Å². The minimum Gasteiger partial charge on any atom is -0.463 e. The summed E-state index contributed by atoms with van der Waals surface area (Å²) in [6.07, 6.45) is -16.9. The van der Waals surface area contributed by atoms with Gasteiger partial charge in [0, 0.05) is 0 Å². The Morgan fingerprint density at radius 1 is 0.317 bits per heavy atom.